The van der Waals surface area contributed by atoms with Crippen LogP contribution in [0.2, 0.25) is 0 Å². The molecule has 1 unspecified atom stereocenters. The van der Waals surface area contributed by atoms with Crippen molar-refractivity contribution in [2.24, 2.45) is 5.73 Å². The smallest absolute Gasteiger partial charge is 0.0604 e. The first-order chi connectivity index (χ1) is 6.65. The molecule has 0 aliphatic carbocycles. The van der Waals surface area contributed by atoms with Gasteiger partial charge in [-0.2, -0.15) is 0 Å². The Bertz CT molecular complexity index is 151. The van der Waals surface area contributed by atoms with Gasteiger partial charge in [-0.15, -0.1) is 0 Å². The van der Waals surface area contributed by atoms with E-state index >= 15 is 0 Å². The molecule has 0 saturated carbocycles. The van der Waals surface area contributed by atoms with E-state index in [0.717, 1.165) is 32.4 Å². The Labute approximate surface area is 87.6 Å². The zero-order valence-electron chi connectivity index (χ0n) is 9.70. The maximum atomic E-state index is 5.81. The van der Waals surface area contributed by atoms with Crippen LogP contribution in [0.25, 0.3) is 0 Å². The van der Waals surface area contributed by atoms with Crippen molar-refractivity contribution in [1.29, 1.82) is 0 Å². The van der Waals surface area contributed by atoms with Gasteiger partial charge in [-0.3, -0.25) is 0 Å². The van der Waals surface area contributed by atoms with Gasteiger partial charge in [0.15, 0.2) is 0 Å². The summed E-state index contributed by atoms with van der Waals surface area (Å²) in [5, 5.41) is 0. The fourth-order valence-electron chi connectivity index (χ4n) is 2.09. The summed E-state index contributed by atoms with van der Waals surface area (Å²) in [5.41, 5.74) is 5.43. The van der Waals surface area contributed by atoms with Gasteiger partial charge in [0.05, 0.1) is 6.10 Å². The molecule has 84 valence electrons. The zero-order valence-corrected chi connectivity index (χ0v) is 9.70. The van der Waals surface area contributed by atoms with Crippen LogP contribution in [-0.2, 0) is 4.74 Å². The van der Waals surface area contributed by atoms with Crippen LogP contribution in [0.4, 0.5) is 0 Å². The molecule has 1 fully saturated rings. The second kappa shape index (κ2) is 5.69. The highest BCUT2D eigenvalue weighted by Gasteiger charge is 2.28. The van der Waals surface area contributed by atoms with E-state index in [1.54, 1.807) is 0 Å². The van der Waals surface area contributed by atoms with E-state index in [4.69, 9.17) is 10.5 Å². The molecule has 1 heterocycles. The molecular formula is C11H24N2O. The fourth-order valence-corrected chi connectivity index (χ4v) is 2.09. The average Bonchev–Trinajstić information content (AvgIpc) is 2.14. The first-order valence-corrected chi connectivity index (χ1v) is 5.68. The van der Waals surface area contributed by atoms with Crippen LogP contribution in [0.15, 0.2) is 0 Å². The third-order valence-electron chi connectivity index (χ3n) is 3.30. The second-order valence-corrected chi connectivity index (χ2v) is 4.47. The topological polar surface area (TPSA) is 38.5 Å². The van der Waals surface area contributed by atoms with Crippen molar-refractivity contribution in [3.63, 3.8) is 0 Å². The lowest BCUT2D eigenvalue weighted by atomic mass is 9.95. The number of nitrogens with two attached hydrogens (primary N) is 1. The molecule has 0 spiro atoms. The minimum absolute atomic E-state index is 0.447. The molecule has 0 aromatic rings. The Kier molecular flexibility index (Phi) is 4.85. The molecular weight excluding hydrogens is 176 g/mol. The first kappa shape index (κ1) is 12.0. The minimum atomic E-state index is 0.447. The molecule has 14 heavy (non-hydrogen) atoms. The van der Waals surface area contributed by atoms with Gasteiger partial charge in [-0.25, -0.2) is 0 Å². The maximum Gasteiger partial charge on any atom is 0.0604 e. The van der Waals surface area contributed by atoms with Crippen molar-refractivity contribution in [3.8, 4) is 0 Å². The predicted molar refractivity (Wildman–Crippen MR) is 59.3 cm³/mol. The normalized spacial score (nSPS) is 34.7. The van der Waals surface area contributed by atoms with E-state index < -0.39 is 0 Å². The molecule has 3 heteroatoms. The third-order valence-corrected chi connectivity index (χ3v) is 3.30. The van der Waals surface area contributed by atoms with E-state index in [9.17, 15) is 0 Å². The van der Waals surface area contributed by atoms with Crippen molar-refractivity contribution in [1.82, 2.24) is 4.90 Å². The van der Waals surface area contributed by atoms with E-state index in [2.05, 4.69) is 25.8 Å². The highest BCUT2D eigenvalue weighted by atomic mass is 16.5. The Morgan fingerprint density at radius 2 is 1.86 bits per heavy atom. The predicted octanol–water partition coefficient (Wildman–Crippen LogP) is 1.22. The quantitative estimate of drug-likeness (QED) is 0.694. The van der Waals surface area contributed by atoms with Gasteiger partial charge in [0.25, 0.3) is 0 Å². The number of hydrogen-bond acceptors (Lipinski definition) is 3. The van der Waals surface area contributed by atoms with Crippen LogP contribution in [-0.4, -0.2) is 43.3 Å². The van der Waals surface area contributed by atoms with Crippen LogP contribution in [0.3, 0.4) is 0 Å². The molecule has 2 N–H and O–H groups in total. The molecule has 1 aliphatic heterocycles. The number of nitrogens with zero attached hydrogens (tertiary/aromatic N) is 1. The van der Waals surface area contributed by atoms with Crippen molar-refractivity contribution < 1.29 is 4.74 Å². The Hall–Kier alpha value is -0.120. The number of hydrogen-bond donors (Lipinski definition) is 1. The lowest BCUT2D eigenvalue weighted by Crippen LogP contribution is -2.46. The standard InChI is InChI=1S/C11H24N2O/c1-9-7-11(14-6-4-5-12)8-10(2)13(9)3/h9-11H,4-8,12H2,1-3H3/t9-,10+,11?. The Morgan fingerprint density at radius 3 is 2.36 bits per heavy atom. The molecule has 1 aliphatic rings. The molecule has 0 amide bonds. The summed E-state index contributed by atoms with van der Waals surface area (Å²) in [6.45, 7) is 6.10. The zero-order chi connectivity index (χ0) is 10.6. The Balaban J connectivity index is 2.27. The molecule has 0 bridgehead atoms. The van der Waals surface area contributed by atoms with Crippen molar-refractivity contribution in [3.05, 3.63) is 0 Å². The summed E-state index contributed by atoms with van der Waals surface area (Å²) in [7, 11) is 2.20. The number of piperidine rings is 1. The van der Waals surface area contributed by atoms with Crippen LogP contribution in [0.5, 0.6) is 0 Å². The van der Waals surface area contributed by atoms with Crippen molar-refractivity contribution in [2.75, 3.05) is 20.2 Å². The van der Waals surface area contributed by atoms with Gasteiger partial charge in [-0.05, 0) is 46.7 Å². The van der Waals surface area contributed by atoms with Gasteiger partial charge in [-0.1, -0.05) is 0 Å². The summed E-state index contributed by atoms with van der Waals surface area (Å²) in [6.07, 6.45) is 3.74. The summed E-state index contributed by atoms with van der Waals surface area (Å²) in [4.78, 5) is 2.43. The summed E-state index contributed by atoms with van der Waals surface area (Å²) in [6, 6.07) is 1.28. The van der Waals surface area contributed by atoms with E-state index in [0.29, 0.717) is 18.2 Å². The minimum Gasteiger partial charge on any atom is -0.378 e. The molecule has 3 nitrogen and oxygen atoms in total. The lowest BCUT2D eigenvalue weighted by Gasteiger charge is -2.40. The summed E-state index contributed by atoms with van der Waals surface area (Å²) in [5.74, 6) is 0. The Morgan fingerprint density at radius 1 is 1.29 bits per heavy atom. The molecule has 1 saturated heterocycles. The first-order valence-electron chi connectivity index (χ1n) is 5.68. The number of rotatable bonds is 4. The third kappa shape index (κ3) is 3.23. The highest BCUT2D eigenvalue weighted by Crippen LogP contribution is 2.23. The number of likely N-dealkylation sites (tertiary alicyclic amines) is 1. The van der Waals surface area contributed by atoms with Crippen molar-refractivity contribution >= 4 is 0 Å². The van der Waals surface area contributed by atoms with Gasteiger partial charge in [0.1, 0.15) is 0 Å². The van der Waals surface area contributed by atoms with Crippen LogP contribution in [0.1, 0.15) is 33.1 Å². The van der Waals surface area contributed by atoms with Gasteiger partial charge >= 0.3 is 0 Å². The van der Waals surface area contributed by atoms with Crippen LogP contribution < -0.4 is 5.73 Å². The van der Waals surface area contributed by atoms with Crippen molar-refractivity contribution in [2.45, 2.75) is 51.3 Å². The summed E-state index contributed by atoms with van der Waals surface area (Å²) >= 11 is 0. The fraction of sp³-hybridized carbons (Fsp3) is 1.00. The largest absolute Gasteiger partial charge is 0.378 e. The molecule has 0 aromatic carbocycles. The second-order valence-electron chi connectivity index (χ2n) is 4.47. The average molecular weight is 200 g/mol. The van der Waals surface area contributed by atoms with Crippen LogP contribution >= 0.6 is 0 Å². The summed E-state index contributed by atoms with van der Waals surface area (Å²) < 4.78 is 5.81. The molecule has 1 rings (SSSR count). The van der Waals surface area contributed by atoms with Gasteiger partial charge in [0.2, 0.25) is 0 Å². The molecule has 0 radical (unpaired) electrons. The van der Waals surface area contributed by atoms with E-state index in [1.165, 1.54) is 0 Å². The molecule has 0 aromatic heterocycles. The number of ether oxygens (including phenoxy) is 1. The van der Waals surface area contributed by atoms with Gasteiger partial charge in [0, 0.05) is 18.7 Å². The van der Waals surface area contributed by atoms with Gasteiger partial charge < -0.3 is 15.4 Å². The van der Waals surface area contributed by atoms with E-state index in [1.807, 2.05) is 0 Å². The highest BCUT2D eigenvalue weighted by molar-refractivity contribution is 4.82. The van der Waals surface area contributed by atoms with E-state index in [-0.39, 0.29) is 0 Å². The monoisotopic (exact) mass is 200 g/mol. The lowest BCUT2D eigenvalue weighted by molar-refractivity contribution is -0.0251. The SMILES string of the molecule is C[C@@H]1CC(OCCCN)C[C@H](C)N1C. The van der Waals surface area contributed by atoms with Crippen LogP contribution in [0, 0.1) is 0 Å². The maximum absolute atomic E-state index is 5.81. The molecule has 3 atom stereocenters.